The number of benzene rings is 1. The Morgan fingerprint density at radius 3 is 2.57 bits per heavy atom. The third-order valence-electron chi connectivity index (χ3n) is 3.61. The van der Waals surface area contributed by atoms with Crippen LogP contribution in [0.1, 0.15) is 43.2 Å². The number of rotatable bonds is 4. The molecule has 1 unspecified atom stereocenters. The van der Waals surface area contributed by atoms with Gasteiger partial charge in [0, 0.05) is 9.92 Å². The first-order valence-corrected chi connectivity index (χ1v) is 7.88. The van der Waals surface area contributed by atoms with Crippen LogP contribution < -0.4 is 5.73 Å². The number of nitrogens with two attached hydrogens (primary N) is 1. The molecule has 1 fully saturated rings. The maximum Gasteiger partial charge on any atom is 0.239 e. The molecule has 1 aliphatic rings. The summed E-state index contributed by atoms with van der Waals surface area (Å²) in [5.74, 6) is 1.26. The number of thioether (sulfide) groups is 1. The van der Waals surface area contributed by atoms with Crippen molar-refractivity contribution in [3.8, 4) is 0 Å². The van der Waals surface area contributed by atoms with Gasteiger partial charge < -0.3 is 10.3 Å². The highest BCUT2D eigenvalue weighted by molar-refractivity contribution is 7.99. The third kappa shape index (κ3) is 3.54. The second kappa shape index (κ2) is 6.57. The molecule has 2 aromatic rings. The van der Waals surface area contributed by atoms with E-state index in [-0.39, 0.29) is 23.2 Å². The van der Waals surface area contributed by atoms with Gasteiger partial charge in [0.15, 0.2) is 5.82 Å². The number of nitrogens with zero attached hydrogens (tertiary/aromatic N) is 2. The van der Waals surface area contributed by atoms with E-state index in [4.69, 9.17) is 21.9 Å². The summed E-state index contributed by atoms with van der Waals surface area (Å²) in [7, 11) is 0. The van der Waals surface area contributed by atoms with Crippen LogP contribution in [0, 0.1) is 0 Å². The third-order valence-corrected chi connectivity index (χ3v) is 4.96. The molecule has 0 bridgehead atoms. The first-order valence-electron chi connectivity index (χ1n) is 6.62. The van der Waals surface area contributed by atoms with Gasteiger partial charge in [0.25, 0.3) is 0 Å². The van der Waals surface area contributed by atoms with Crippen molar-refractivity contribution >= 4 is 35.8 Å². The molecule has 0 aliphatic heterocycles. The summed E-state index contributed by atoms with van der Waals surface area (Å²) < 4.78 is 5.36. The highest BCUT2D eigenvalue weighted by Gasteiger charge is 2.39. The molecular weight excluding hydrogens is 329 g/mol. The zero-order valence-electron chi connectivity index (χ0n) is 11.6. The molecule has 1 atom stereocenters. The summed E-state index contributed by atoms with van der Waals surface area (Å²) in [6, 6.07) is 7.71. The highest BCUT2D eigenvalue weighted by atomic mass is 35.5. The Morgan fingerprint density at radius 2 is 2.00 bits per heavy atom. The number of aromatic nitrogens is 2. The van der Waals surface area contributed by atoms with Crippen LogP contribution in [-0.4, -0.2) is 10.1 Å². The van der Waals surface area contributed by atoms with Crippen molar-refractivity contribution in [3.63, 3.8) is 0 Å². The summed E-state index contributed by atoms with van der Waals surface area (Å²) in [6.07, 6.45) is 3.00. The second-order valence-corrected chi connectivity index (χ2v) is 7.03. The molecule has 2 N–H and O–H groups in total. The SMILES string of the molecule is CC(Sc1ccc(Cl)cc1)c1nc(C2(N)CCC2)no1.Cl. The van der Waals surface area contributed by atoms with Crippen LogP contribution >= 0.6 is 35.8 Å². The van der Waals surface area contributed by atoms with E-state index < -0.39 is 0 Å². The number of hydrogen-bond donors (Lipinski definition) is 1. The van der Waals surface area contributed by atoms with Gasteiger partial charge in [-0.15, -0.1) is 24.2 Å². The maximum absolute atomic E-state index is 6.20. The van der Waals surface area contributed by atoms with E-state index in [9.17, 15) is 0 Å². The Hall–Kier alpha value is -0.750. The van der Waals surface area contributed by atoms with Crippen LogP contribution in [0.5, 0.6) is 0 Å². The van der Waals surface area contributed by atoms with Crippen molar-refractivity contribution in [1.29, 1.82) is 0 Å². The van der Waals surface area contributed by atoms with Crippen molar-refractivity contribution in [1.82, 2.24) is 10.1 Å². The van der Waals surface area contributed by atoms with Gasteiger partial charge >= 0.3 is 0 Å². The van der Waals surface area contributed by atoms with Crippen LogP contribution in [0.3, 0.4) is 0 Å². The van der Waals surface area contributed by atoms with Gasteiger partial charge in [0.05, 0.1) is 10.8 Å². The average molecular weight is 346 g/mol. The zero-order valence-corrected chi connectivity index (χ0v) is 14.0. The van der Waals surface area contributed by atoms with E-state index >= 15 is 0 Å². The van der Waals surface area contributed by atoms with E-state index in [0.29, 0.717) is 11.7 Å². The lowest BCUT2D eigenvalue weighted by Gasteiger charge is -2.34. The Bertz CT molecular complexity index is 599. The monoisotopic (exact) mass is 345 g/mol. The fraction of sp³-hybridized carbons (Fsp3) is 0.429. The van der Waals surface area contributed by atoms with Gasteiger partial charge in [0.2, 0.25) is 5.89 Å². The van der Waals surface area contributed by atoms with Crippen molar-refractivity contribution in [2.24, 2.45) is 5.73 Å². The second-order valence-electron chi connectivity index (χ2n) is 5.18. The normalized spacial score (nSPS) is 17.7. The minimum Gasteiger partial charge on any atom is -0.338 e. The van der Waals surface area contributed by atoms with E-state index in [0.717, 1.165) is 29.2 Å². The van der Waals surface area contributed by atoms with E-state index in [1.807, 2.05) is 31.2 Å². The number of halogens is 2. The molecule has 21 heavy (non-hydrogen) atoms. The van der Waals surface area contributed by atoms with Crippen molar-refractivity contribution < 1.29 is 4.52 Å². The average Bonchev–Trinajstić information content (AvgIpc) is 2.89. The molecule has 4 nitrogen and oxygen atoms in total. The lowest BCUT2D eigenvalue weighted by molar-refractivity contribution is 0.229. The minimum atomic E-state index is -0.369. The molecule has 7 heteroatoms. The Morgan fingerprint density at radius 1 is 1.33 bits per heavy atom. The molecule has 1 aromatic carbocycles. The molecule has 0 saturated heterocycles. The first-order chi connectivity index (χ1) is 9.57. The predicted molar refractivity (Wildman–Crippen MR) is 87.0 cm³/mol. The fourth-order valence-corrected chi connectivity index (χ4v) is 3.18. The molecule has 0 amide bonds. The number of hydrogen-bond acceptors (Lipinski definition) is 5. The van der Waals surface area contributed by atoms with Gasteiger partial charge in [-0.1, -0.05) is 16.8 Å². The molecule has 3 rings (SSSR count). The standard InChI is InChI=1S/C14H16ClN3OS.ClH/c1-9(20-11-5-3-10(15)4-6-11)12-17-13(18-19-12)14(16)7-2-8-14;/h3-6,9H,2,7-8,16H2,1H3;1H. The molecular formula is C14H17Cl2N3OS. The van der Waals surface area contributed by atoms with Crippen LogP contribution in [-0.2, 0) is 5.54 Å². The van der Waals surface area contributed by atoms with Gasteiger partial charge in [-0.3, -0.25) is 0 Å². The summed E-state index contributed by atoms with van der Waals surface area (Å²) in [4.78, 5) is 5.59. The Balaban J connectivity index is 0.00000161. The Labute approximate surface area is 139 Å². The van der Waals surface area contributed by atoms with Crippen LogP contribution in [0.15, 0.2) is 33.7 Å². The molecule has 0 radical (unpaired) electrons. The minimum absolute atomic E-state index is 0. The van der Waals surface area contributed by atoms with Gasteiger partial charge in [-0.05, 0) is 50.5 Å². The van der Waals surface area contributed by atoms with Gasteiger partial charge in [-0.25, -0.2) is 0 Å². The molecule has 0 spiro atoms. The van der Waals surface area contributed by atoms with Crippen molar-refractivity contribution in [2.45, 2.75) is 41.9 Å². The zero-order chi connectivity index (χ0) is 14.2. The summed E-state index contributed by atoms with van der Waals surface area (Å²) in [6.45, 7) is 2.04. The largest absolute Gasteiger partial charge is 0.338 e. The molecule has 1 heterocycles. The highest BCUT2D eigenvalue weighted by Crippen LogP contribution is 2.39. The smallest absolute Gasteiger partial charge is 0.239 e. The van der Waals surface area contributed by atoms with Crippen molar-refractivity contribution in [2.75, 3.05) is 0 Å². The summed E-state index contributed by atoms with van der Waals surface area (Å²) in [5, 5.41) is 4.86. The van der Waals surface area contributed by atoms with Crippen LogP contribution in [0.25, 0.3) is 0 Å². The predicted octanol–water partition coefficient (Wildman–Crippen LogP) is 4.34. The fourth-order valence-electron chi connectivity index (χ4n) is 2.15. The topological polar surface area (TPSA) is 64.9 Å². The van der Waals surface area contributed by atoms with Gasteiger partial charge in [-0.2, -0.15) is 4.98 Å². The van der Waals surface area contributed by atoms with E-state index in [2.05, 4.69) is 10.1 Å². The first kappa shape index (κ1) is 16.6. The van der Waals surface area contributed by atoms with Crippen LogP contribution in [0.4, 0.5) is 0 Å². The molecule has 1 aliphatic carbocycles. The van der Waals surface area contributed by atoms with E-state index in [1.165, 1.54) is 0 Å². The quantitative estimate of drug-likeness (QED) is 0.835. The van der Waals surface area contributed by atoms with Gasteiger partial charge in [0.1, 0.15) is 0 Å². The van der Waals surface area contributed by atoms with E-state index in [1.54, 1.807) is 11.8 Å². The van der Waals surface area contributed by atoms with Crippen molar-refractivity contribution in [3.05, 3.63) is 41.0 Å². The summed E-state index contributed by atoms with van der Waals surface area (Å²) in [5.41, 5.74) is 5.83. The molecule has 114 valence electrons. The summed E-state index contributed by atoms with van der Waals surface area (Å²) >= 11 is 7.54. The maximum atomic E-state index is 6.20. The van der Waals surface area contributed by atoms with Crippen LogP contribution in [0.2, 0.25) is 5.02 Å². The molecule has 1 aromatic heterocycles. The lowest BCUT2D eigenvalue weighted by atomic mass is 9.77. The lowest BCUT2D eigenvalue weighted by Crippen LogP contribution is -2.44. The molecule has 1 saturated carbocycles. The Kier molecular flexibility index (Phi) is 5.20.